The number of aryl methyl sites for hydroxylation is 1. The Bertz CT molecular complexity index is 1160. The van der Waals surface area contributed by atoms with Crippen LogP contribution < -0.4 is 21.5 Å². The van der Waals surface area contributed by atoms with E-state index in [0.29, 0.717) is 16.9 Å². The number of hydrogen-bond acceptors (Lipinski definition) is 5. The summed E-state index contributed by atoms with van der Waals surface area (Å²) in [6.45, 7) is 0.296. The summed E-state index contributed by atoms with van der Waals surface area (Å²) in [7, 11) is 6.86. The molecule has 0 fully saturated rings. The Labute approximate surface area is 169 Å². The molecule has 1 amide bonds. The molecule has 0 aliphatic carbocycles. The Hall–Kier alpha value is -2.88. The summed E-state index contributed by atoms with van der Waals surface area (Å²) in [4.78, 5) is 43.1. The Balaban J connectivity index is 1.81. The van der Waals surface area contributed by atoms with E-state index < -0.39 is 11.2 Å². The lowest BCUT2D eigenvalue weighted by Crippen LogP contribution is -2.38. The maximum absolute atomic E-state index is 12.4. The molecule has 3 aromatic rings. The third-order valence-corrected chi connectivity index (χ3v) is 5.14. The van der Waals surface area contributed by atoms with E-state index in [0.717, 1.165) is 15.8 Å². The molecule has 0 atom stereocenters. The molecule has 10 heteroatoms. The minimum Gasteiger partial charge on any atom is -0.378 e. The second-order valence-electron chi connectivity index (χ2n) is 6.68. The van der Waals surface area contributed by atoms with E-state index in [1.54, 1.807) is 7.05 Å². The number of carbonyl (C=O) groups is 1. The number of imidazole rings is 1. The second kappa shape index (κ2) is 7.63. The second-order valence-corrected chi connectivity index (χ2v) is 7.39. The number of carbonyl (C=O) groups excluding carboxylic acids is 1. The predicted octanol–water partition coefficient (Wildman–Crippen LogP) is 0.579. The number of nitrogens with one attached hydrogen (secondary N) is 1. The van der Waals surface area contributed by atoms with Gasteiger partial charge in [0.15, 0.2) is 15.9 Å². The summed E-state index contributed by atoms with van der Waals surface area (Å²) in [5.74, 6) is -0.259. The Morgan fingerprint density at radius 1 is 1.14 bits per heavy atom. The first-order valence-corrected chi connectivity index (χ1v) is 9.34. The quantitative estimate of drug-likeness (QED) is 0.576. The fourth-order valence-electron chi connectivity index (χ4n) is 2.91. The number of rotatable bonds is 5. The molecule has 1 aromatic carbocycles. The third-order valence-electron chi connectivity index (χ3n) is 4.54. The molecule has 0 saturated heterocycles. The van der Waals surface area contributed by atoms with Crippen LogP contribution >= 0.6 is 15.9 Å². The molecule has 2 aromatic heterocycles. The average molecular weight is 449 g/mol. The SMILES string of the molecule is CN(C)c1ccc(CNC(=O)Cn2c(Br)nc3c(=O)n(C)c(=O)n(C)c32)cc1. The van der Waals surface area contributed by atoms with Gasteiger partial charge in [-0.2, -0.15) is 0 Å². The van der Waals surface area contributed by atoms with Crippen LogP contribution in [0.1, 0.15) is 5.56 Å². The molecule has 0 aliphatic rings. The van der Waals surface area contributed by atoms with Crippen LogP contribution in [0.25, 0.3) is 11.2 Å². The fourth-order valence-corrected chi connectivity index (χ4v) is 3.39. The number of amides is 1. The van der Waals surface area contributed by atoms with Gasteiger partial charge in [0, 0.05) is 40.4 Å². The van der Waals surface area contributed by atoms with Gasteiger partial charge in [-0.25, -0.2) is 9.78 Å². The van der Waals surface area contributed by atoms with Crippen molar-refractivity contribution >= 4 is 38.7 Å². The first-order chi connectivity index (χ1) is 13.2. The summed E-state index contributed by atoms with van der Waals surface area (Å²) in [6.07, 6.45) is 0. The molecule has 0 aliphatic heterocycles. The Morgan fingerprint density at radius 2 is 1.79 bits per heavy atom. The van der Waals surface area contributed by atoms with Crippen LogP contribution in [-0.4, -0.2) is 38.7 Å². The summed E-state index contributed by atoms with van der Waals surface area (Å²) in [6, 6.07) is 7.86. The maximum atomic E-state index is 12.4. The fraction of sp³-hybridized carbons (Fsp3) is 0.333. The lowest BCUT2D eigenvalue weighted by molar-refractivity contribution is -0.121. The minimum atomic E-state index is -0.501. The maximum Gasteiger partial charge on any atom is 0.332 e. The number of halogens is 1. The van der Waals surface area contributed by atoms with E-state index in [-0.39, 0.29) is 18.0 Å². The van der Waals surface area contributed by atoms with E-state index in [1.807, 2.05) is 43.3 Å². The molecular formula is C18H21BrN6O3. The molecule has 0 radical (unpaired) electrons. The van der Waals surface area contributed by atoms with Crippen molar-refractivity contribution in [2.45, 2.75) is 13.1 Å². The first-order valence-electron chi connectivity index (χ1n) is 8.55. The average Bonchev–Trinajstić information content (AvgIpc) is 2.99. The molecule has 3 rings (SSSR count). The van der Waals surface area contributed by atoms with Crippen molar-refractivity contribution in [1.82, 2.24) is 24.0 Å². The molecule has 0 saturated carbocycles. The lowest BCUT2D eigenvalue weighted by Gasteiger charge is -2.13. The van der Waals surface area contributed by atoms with Gasteiger partial charge in [-0.15, -0.1) is 0 Å². The van der Waals surface area contributed by atoms with Gasteiger partial charge >= 0.3 is 5.69 Å². The van der Waals surface area contributed by atoms with Crippen LogP contribution in [0, 0.1) is 0 Å². The van der Waals surface area contributed by atoms with E-state index in [1.165, 1.54) is 16.2 Å². The zero-order valence-electron chi connectivity index (χ0n) is 16.1. The molecule has 2 heterocycles. The summed E-state index contributed by atoms with van der Waals surface area (Å²) < 4.78 is 4.11. The number of fused-ring (bicyclic) bond motifs is 1. The Kier molecular flexibility index (Phi) is 5.41. The predicted molar refractivity (Wildman–Crippen MR) is 111 cm³/mol. The van der Waals surface area contributed by atoms with Gasteiger partial charge in [-0.3, -0.25) is 23.3 Å². The highest BCUT2D eigenvalue weighted by Gasteiger charge is 2.19. The smallest absolute Gasteiger partial charge is 0.332 e. The molecule has 28 heavy (non-hydrogen) atoms. The van der Waals surface area contributed by atoms with Crippen LogP contribution in [0.2, 0.25) is 0 Å². The molecule has 1 N–H and O–H groups in total. The van der Waals surface area contributed by atoms with E-state index in [2.05, 4.69) is 26.2 Å². The van der Waals surface area contributed by atoms with Gasteiger partial charge in [-0.05, 0) is 33.6 Å². The summed E-state index contributed by atoms with van der Waals surface area (Å²) in [5.41, 5.74) is 1.49. The van der Waals surface area contributed by atoms with Gasteiger partial charge in [0.05, 0.1) is 0 Å². The van der Waals surface area contributed by atoms with Crippen molar-refractivity contribution in [2.24, 2.45) is 14.1 Å². The standard InChI is InChI=1S/C18H21BrN6O3/c1-22(2)12-7-5-11(6-8-12)9-20-13(26)10-25-15-14(21-17(25)19)16(27)24(4)18(28)23(15)3/h5-8H,9-10H2,1-4H3,(H,20,26). The van der Waals surface area contributed by atoms with E-state index in [4.69, 9.17) is 0 Å². The molecule has 9 nitrogen and oxygen atoms in total. The normalized spacial score (nSPS) is 11.0. The molecule has 148 valence electrons. The van der Waals surface area contributed by atoms with Crippen LogP contribution in [0.3, 0.4) is 0 Å². The minimum absolute atomic E-state index is 0.0761. The molecule has 0 spiro atoms. The zero-order chi connectivity index (χ0) is 20.6. The first kappa shape index (κ1) is 19.9. The number of hydrogen-bond donors (Lipinski definition) is 1. The van der Waals surface area contributed by atoms with Crippen LogP contribution in [0.5, 0.6) is 0 Å². The lowest BCUT2D eigenvalue weighted by atomic mass is 10.2. The molecule has 0 unspecified atom stereocenters. The molecular weight excluding hydrogens is 428 g/mol. The topological polar surface area (TPSA) is 94.2 Å². The van der Waals surface area contributed by atoms with Crippen LogP contribution in [0.4, 0.5) is 5.69 Å². The van der Waals surface area contributed by atoms with Gasteiger partial charge in [0.2, 0.25) is 5.91 Å². The number of nitrogens with zero attached hydrogens (tertiary/aromatic N) is 5. The van der Waals surface area contributed by atoms with Crippen LogP contribution in [-0.2, 0) is 32.0 Å². The number of anilines is 1. The van der Waals surface area contributed by atoms with Crippen molar-refractivity contribution < 1.29 is 4.79 Å². The highest BCUT2D eigenvalue weighted by atomic mass is 79.9. The van der Waals surface area contributed by atoms with Crippen LogP contribution in [0.15, 0.2) is 38.6 Å². The van der Waals surface area contributed by atoms with Gasteiger partial charge in [0.1, 0.15) is 6.54 Å². The van der Waals surface area contributed by atoms with Gasteiger partial charge in [-0.1, -0.05) is 12.1 Å². The highest BCUT2D eigenvalue weighted by molar-refractivity contribution is 9.10. The zero-order valence-corrected chi connectivity index (χ0v) is 17.6. The highest BCUT2D eigenvalue weighted by Crippen LogP contribution is 2.16. The van der Waals surface area contributed by atoms with E-state index >= 15 is 0 Å². The van der Waals surface area contributed by atoms with Crippen molar-refractivity contribution in [3.63, 3.8) is 0 Å². The number of aromatic nitrogens is 4. The van der Waals surface area contributed by atoms with Gasteiger partial charge in [0.25, 0.3) is 5.56 Å². The largest absolute Gasteiger partial charge is 0.378 e. The van der Waals surface area contributed by atoms with Crippen molar-refractivity contribution in [3.05, 3.63) is 55.4 Å². The summed E-state index contributed by atoms with van der Waals surface area (Å²) >= 11 is 3.28. The van der Waals surface area contributed by atoms with E-state index in [9.17, 15) is 14.4 Å². The summed E-state index contributed by atoms with van der Waals surface area (Å²) in [5, 5.41) is 2.85. The van der Waals surface area contributed by atoms with Crippen molar-refractivity contribution in [1.29, 1.82) is 0 Å². The third kappa shape index (κ3) is 3.59. The Morgan fingerprint density at radius 3 is 2.39 bits per heavy atom. The number of benzene rings is 1. The van der Waals surface area contributed by atoms with Crippen molar-refractivity contribution in [2.75, 3.05) is 19.0 Å². The van der Waals surface area contributed by atoms with Gasteiger partial charge < -0.3 is 10.2 Å². The molecule has 0 bridgehead atoms. The van der Waals surface area contributed by atoms with Crippen molar-refractivity contribution in [3.8, 4) is 0 Å². The monoisotopic (exact) mass is 448 g/mol.